The zero-order valence-corrected chi connectivity index (χ0v) is 17.9. The fourth-order valence-electron chi connectivity index (χ4n) is 3.34. The summed E-state index contributed by atoms with van der Waals surface area (Å²) in [6.45, 7) is 0.0416. The second-order valence-electron chi connectivity index (χ2n) is 6.54. The molecule has 0 bridgehead atoms. The molecule has 0 radical (unpaired) electrons. The first-order valence-corrected chi connectivity index (χ1v) is 10.2. The van der Waals surface area contributed by atoms with Gasteiger partial charge in [0.25, 0.3) is 11.8 Å². The number of benzene rings is 1. The first-order valence-electron chi connectivity index (χ1n) is 9.31. The zero-order valence-electron chi connectivity index (χ0n) is 17.1. The molecule has 4 rings (SSSR count). The summed E-state index contributed by atoms with van der Waals surface area (Å²) in [4.78, 5) is 28.3. The monoisotopic (exact) mass is 440 g/mol. The lowest BCUT2D eigenvalue weighted by Crippen LogP contribution is -2.31. The summed E-state index contributed by atoms with van der Waals surface area (Å²) in [6, 6.07) is 10.4. The number of hydrogen-bond donors (Lipinski definition) is 1. The molecule has 8 nitrogen and oxygen atoms in total. The predicted octanol–water partition coefficient (Wildman–Crippen LogP) is 3.76. The Morgan fingerprint density at radius 1 is 1.00 bits per heavy atom. The molecule has 0 fully saturated rings. The molecule has 160 valence electrons. The van der Waals surface area contributed by atoms with Crippen LogP contribution in [0.1, 0.15) is 10.6 Å². The summed E-state index contributed by atoms with van der Waals surface area (Å²) in [7, 11) is 4.52. The maximum atomic E-state index is 13.2. The second-order valence-corrected chi connectivity index (χ2v) is 7.49. The second kappa shape index (κ2) is 8.57. The summed E-state index contributed by atoms with van der Waals surface area (Å²) in [5.41, 5.74) is 0.994. The fraction of sp³-hybridized carbons (Fsp3) is 0.182. The number of thiophene rings is 1. The summed E-state index contributed by atoms with van der Waals surface area (Å²) >= 11 is 1.38. The van der Waals surface area contributed by atoms with Crippen molar-refractivity contribution in [1.29, 1.82) is 0 Å². The third-order valence-electron chi connectivity index (χ3n) is 4.76. The molecule has 0 saturated carbocycles. The van der Waals surface area contributed by atoms with Crippen LogP contribution in [0.15, 0.2) is 58.2 Å². The van der Waals surface area contributed by atoms with E-state index in [1.165, 1.54) is 38.9 Å². The maximum Gasteiger partial charge on any atom is 0.278 e. The molecule has 0 saturated heterocycles. The van der Waals surface area contributed by atoms with Crippen molar-refractivity contribution in [2.75, 3.05) is 26.6 Å². The van der Waals surface area contributed by atoms with E-state index in [0.29, 0.717) is 39.1 Å². The smallest absolute Gasteiger partial charge is 0.278 e. The predicted molar refractivity (Wildman–Crippen MR) is 115 cm³/mol. The average molecular weight is 440 g/mol. The van der Waals surface area contributed by atoms with Crippen molar-refractivity contribution < 1.29 is 28.2 Å². The van der Waals surface area contributed by atoms with E-state index in [2.05, 4.69) is 5.32 Å². The Hall–Kier alpha value is -3.72. The van der Waals surface area contributed by atoms with E-state index in [1.807, 2.05) is 11.4 Å². The molecule has 1 aliphatic heterocycles. The molecule has 9 heteroatoms. The van der Waals surface area contributed by atoms with Gasteiger partial charge in [0.1, 0.15) is 11.5 Å². The van der Waals surface area contributed by atoms with E-state index in [9.17, 15) is 9.59 Å². The topological polar surface area (TPSA) is 90.2 Å². The summed E-state index contributed by atoms with van der Waals surface area (Å²) in [5, 5.41) is 4.95. The number of furan rings is 1. The highest BCUT2D eigenvalue weighted by molar-refractivity contribution is 7.11. The maximum absolute atomic E-state index is 13.2. The minimum absolute atomic E-state index is 0.0416. The molecule has 1 N–H and O–H groups in total. The first kappa shape index (κ1) is 20.5. The molecule has 0 unspecified atom stereocenters. The van der Waals surface area contributed by atoms with Crippen LogP contribution < -0.4 is 19.5 Å². The number of methoxy groups -OCH3 is 3. The van der Waals surface area contributed by atoms with Gasteiger partial charge in [-0.3, -0.25) is 14.5 Å². The van der Waals surface area contributed by atoms with Gasteiger partial charge in [0.05, 0.1) is 39.7 Å². The fourth-order valence-corrected chi connectivity index (χ4v) is 4.11. The molecule has 2 amide bonds. The zero-order chi connectivity index (χ0) is 22.0. The van der Waals surface area contributed by atoms with Gasteiger partial charge in [-0.1, -0.05) is 6.07 Å². The highest BCUT2D eigenvalue weighted by Crippen LogP contribution is 2.41. The summed E-state index contributed by atoms with van der Waals surface area (Å²) in [6.07, 6.45) is 1.50. The molecule has 1 aliphatic rings. The first-order chi connectivity index (χ1) is 15.1. The van der Waals surface area contributed by atoms with Crippen molar-refractivity contribution in [3.05, 3.63) is 64.4 Å². The standard InChI is InChI=1S/C22H20N2O6S/c1-27-15-10-13(11-16(28-2)20(15)29-3)23-19-18(17-7-5-9-31-17)21(25)24(22(19)26)12-14-6-4-8-30-14/h4-11,23H,12H2,1-3H3. The molecule has 3 aromatic rings. The summed E-state index contributed by atoms with van der Waals surface area (Å²) in [5.74, 6) is 0.952. The lowest BCUT2D eigenvalue weighted by Gasteiger charge is -2.16. The van der Waals surface area contributed by atoms with Gasteiger partial charge in [-0.2, -0.15) is 0 Å². The van der Waals surface area contributed by atoms with Crippen molar-refractivity contribution in [1.82, 2.24) is 4.90 Å². The Bertz CT molecular complexity index is 1110. The normalized spacial score (nSPS) is 13.7. The number of imide groups is 1. The number of amides is 2. The van der Waals surface area contributed by atoms with Crippen molar-refractivity contribution in [2.24, 2.45) is 0 Å². The van der Waals surface area contributed by atoms with Gasteiger partial charge in [0, 0.05) is 22.7 Å². The Labute approximate surface area is 182 Å². The largest absolute Gasteiger partial charge is 0.493 e. The van der Waals surface area contributed by atoms with E-state index in [4.69, 9.17) is 18.6 Å². The molecule has 31 heavy (non-hydrogen) atoms. The number of rotatable bonds is 8. The van der Waals surface area contributed by atoms with Crippen LogP contribution in [0, 0.1) is 0 Å². The molecule has 0 spiro atoms. The van der Waals surface area contributed by atoms with Crippen molar-refractivity contribution >= 4 is 34.4 Å². The van der Waals surface area contributed by atoms with Crippen LogP contribution in [-0.4, -0.2) is 38.0 Å². The molecule has 3 heterocycles. The van der Waals surface area contributed by atoms with Crippen LogP contribution in [0.3, 0.4) is 0 Å². The van der Waals surface area contributed by atoms with Gasteiger partial charge >= 0.3 is 0 Å². The third-order valence-corrected chi connectivity index (χ3v) is 5.65. The van der Waals surface area contributed by atoms with E-state index < -0.39 is 11.8 Å². The van der Waals surface area contributed by atoms with Crippen LogP contribution in [0.5, 0.6) is 17.2 Å². The Morgan fingerprint density at radius 3 is 2.29 bits per heavy atom. The lowest BCUT2D eigenvalue weighted by atomic mass is 10.1. The number of carbonyl (C=O) groups excluding carboxylic acids is 2. The Balaban J connectivity index is 1.75. The van der Waals surface area contributed by atoms with Gasteiger partial charge in [0.2, 0.25) is 5.75 Å². The van der Waals surface area contributed by atoms with Gasteiger partial charge in [0.15, 0.2) is 11.5 Å². The minimum atomic E-state index is -0.446. The van der Waals surface area contributed by atoms with Gasteiger partial charge in [-0.25, -0.2) is 0 Å². The van der Waals surface area contributed by atoms with Gasteiger partial charge in [-0.05, 0) is 23.6 Å². The molecular weight excluding hydrogens is 420 g/mol. The molecule has 2 aromatic heterocycles. The average Bonchev–Trinajstić information content (AvgIpc) is 3.53. The molecule has 0 atom stereocenters. The molecule has 1 aromatic carbocycles. The van der Waals surface area contributed by atoms with Crippen molar-refractivity contribution in [2.45, 2.75) is 6.54 Å². The van der Waals surface area contributed by atoms with Crippen LogP contribution in [0.4, 0.5) is 5.69 Å². The van der Waals surface area contributed by atoms with E-state index in [1.54, 1.807) is 30.3 Å². The van der Waals surface area contributed by atoms with Gasteiger partial charge in [-0.15, -0.1) is 11.3 Å². The number of anilines is 1. The van der Waals surface area contributed by atoms with Crippen molar-refractivity contribution in [3.8, 4) is 17.2 Å². The van der Waals surface area contributed by atoms with E-state index in [0.717, 1.165) is 4.90 Å². The quantitative estimate of drug-likeness (QED) is 0.534. The van der Waals surface area contributed by atoms with Crippen LogP contribution in [0.2, 0.25) is 0 Å². The molecular formula is C22H20N2O6S. The highest BCUT2D eigenvalue weighted by atomic mass is 32.1. The molecule has 0 aliphatic carbocycles. The lowest BCUT2D eigenvalue weighted by molar-refractivity contribution is -0.137. The van der Waals surface area contributed by atoms with Crippen molar-refractivity contribution in [3.63, 3.8) is 0 Å². The minimum Gasteiger partial charge on any atom is -0.493 e. The highest BCUT2D eigenvalue weighted by Gasteiger charge is 2.40. The number of hydrogen-bond acceptors (Lipinski definition) is 8. The van der Waals surface area contributed by atoms with Crippen LogP contribution >= 0.6 is 11.3 Å². The number of nitrogens with one attached hydrogen (secondary N) is 1. The SMILES string of the molecule is COc1cc(NC2=C(c3cccs3)C(=O)N(Cc3ccco3)C2=O)cc(OC)c1OC. The third kappa shape index (κ3) is 3.75. The Kier molecular flexibility index (Phi) is 5.68. The Morgan fingerprint density at radius 2 is 1.74 bits per heavy atom. The number of nitrogens with zero attached hydrogens (tertiary/aromatic N) is 1. The summed E-state index contributed by atoms with van der Waals surface area (Å²) < 4.78 is 21.5. The van der Waals surface area contributed by atoms with E-state index in [-0.39, 0.29) is 12.2 Å². The van der Waals surface area contributed by atoms with E-state index >= 15 is 0 Å². The van der Waals surface area contributed by atoms with Crippen LogP contribution in [0.25, 0.3) is 5.57 Å². The van der Waals surface area contributed by atoms with Crippen LogP contribution in [-0.2, 0) is 16.1 Å². The number of carbonyl (C=O) groups is 2. The van der Waals surface area contributed by atoms with Gasteiger partial charge < -0.3 is 23.9 Å². The number of ether oxygens (including phenoxy) is 3.